The normalized spacial score (nSPS) is 17.4. The van der Waals surface area contributed by atoms with Gasteiger partial charge in [-0.1, -0.05) is 97.9 Å². The van der Waals surface area contributed by atoms with Gasteiger partial charge in [0, 0.05) is 23.3 Å². The minimum atomic E-state index is 0. The first kappa shape index (κ1) is 41.4. The van der Waals surface area contributed by atoms with Crippen molar-refractivity contribution in [2.24, 2.45) is 35.5 Å². The van der Waals surface area contributed by atoms with Gasteiger partial charge in [-0.05, 0) is 47.0 Å². The van der Waals surface area contributed by atoms with E-state index >= 15 is 0 Å². The summed E-state index contributed by atoms with van der Waals surface area (Å²) in [6.07, 6.45) is 13.8. The first-order chi connectivity index (χ1) is 16.9. The Kier molecular flexibility index (Phi) is 22.0. The number of carbonyl (C=O) groups excluding carboxylic acids is 2. The average Bonchev–Trinajstić information content (AvgIpc) is 2.84. The van der Waals surface area contributed by atoms with Crippen LogP contribution in [0.15, 0.2) is 65.8 Å². The van der Waals surface area contributed by atoms with E-state index in [1.807, 2.05) is 0 Å². The quantitative estimate of drug-likeness (QED) is 0.376. The van der Waals surface area contributed by atoms with Crippen molar-refractivity contribution in [3.05, 3.63) is 77.2 Å². The van der Waals surface area contributed by atoms with Crippen molar-refractivity contribution >= 4 is 24.0 Å². The molecule has 1 aromatic heterocycles. The van der Waals surface area contributed by atoms with Crippen molar-refractivity contribution < 1.29 is 51.5 Å². The van der Waals surface area contributed by atoms with Crippen LogP contribution in [0.3, 0.4) is 0 Å². The molecule has 2 atom stereocenters. The number of pyridine rings is 1. The SMILES string of the molecule is CC(C)C1=CC=CC(C(C)C)C1=N.CC(C)C1=CC=CC(C(C)C)C1=N.O=Cc1cccc(C=O)n1.[Cl-].[Cl-].[Fe+2]. The van der Waals surface area contributed by atoms with Crippen molar-refractivity contribution in [1.82, 2.24) is 4.98 Å². The molecule has 5 nitrogen and oxygen atoms in total. The second-order valence-corrected chi connectivity index (χ2v) is 10.4. The van der Waals surface area contributed by atoms with Gasteiger partial charge in [-0.25, -0.2) is 4.98 Å². The Balaban J connectivity index is -0.000000484. The Labute approximate surface area is 258 Å². The predicted octanol–water partition coefficient (Wildman–Crippen LogP) is 1.57. The van der Waals surface area contributed by atoms with E-state index in [0.717, 1.165) is 11.4 Å². The average molecular weight is 616 g/mol. The minimum Gasteiger partial charge on any atom is -1.00 e. The van der Waals surface area contributed by atoms with E-state index in [1.54, 1.807) is 18.2 Å². The maximum absolute atomic E-state index is 10.1. The second kappa shape index (κ2) is 20.7. The number of carbonyl (C=O) groups is 2. The summed E-state index contributed by atoms with van der Waals surface area (Å²) in [6.45, 7) is 17.3. The van der Waals surface area contributed by atoms with Crippen molar-refractivity contribution in [2.45, 2.75) is 55.4 Å². The van der Waals surface area contributed by atoms with Crippen LogP contribution in [0.2, 0.25) is 0 Å². The molecule has 0 bridgehead atoms. The van der Waals surface area contributed by atoms with Gasteiger partial charge >= 0.3 is 17.1 Å². The van der Waals surface area contributed by atoms with Gasteiger partial charge in [0.05, 0.1) is 0 Å². The van der Waals surface area contributed by atoms with Crippen LogP contribution in [0.5, 0.6) is 0 Å². The molecule has 2 aliphatic carbocycles. The van der Waals surface area contributed by atoms with Crippen molar-refractivity contribution in [3.8, 4) is 0 Å². The standard InChI is InChI=1S/2C12H19N.C7H5NO2.2ClH.Fe/c2*1-8(2)10-6-5-7-11(9(3)4)12(10)13;9-4-6-2-1-3-7(5-10)8-6;;;/h2*5-10,13H,1-4H3;1-5H;2*1H;/q;;;;;+2/p-2. The predicted molar refractivity (Wildman–Crippen MR) is 151 cm³/mol. The number of aromatic nitrogens is 1. The summed E-state index contributed by atoms with van der Waals surface area (Å²) in [6, 6.07) is 4.69. The van der Waals surface area contributed by atoms with Crippen LogP contribution in [0, 0.1) is 46.3 Å². The Hall–Kier alpha value is -2.11. The molecule has 0 amide bonds. The molecule has 39 heavy (non-hydrogen) atoms. The fourth-order valence-corrected chi connectivity index (χ4v) is 4.03. The van der Waals surface area contributed by atoms with Gasteiger partial charge in [0.15, 0.2) is 12.6 Å². The maximum Gasteiger partial charge on any atom is 2.00 e. The summed E-state index contributed by atoms with van der Waals surface area (Å²) >= 11 is 0. The van der Waals surface area contributed by atoms with Crippen LogP contribution >= 0.6 is 0 Å². The Morgan fingerprint density at radius 2 is 1.03 bits per heavy atom. The van der Waals surface area contributed by atoms with Crippen molar-refractivity contribution in [2.75, 3.05) is 0 Å². The van der Waals surface area contributed by atoms with E-state index in [1.165, 1.54) is 11.1 Å². The van der Waals surface area contributed by atoms with Crippen LogP contribution in [-0.4, -0.2) is 29.0 Å². The number of halogens is 2. The van der Waals surface area contributed by atoms with Crippen LogP contribution in [0.4, 0.5) is 0 Å². The number of allylic oxidation sites excluding steroid dienone is 8. The third kappa shape index (κ3) is 13.2. The zero-order valence-corrected chi connectivity index (χ0v) is 26.8. The molecule has 0 spiro atoms. The molecule has 2 N–H and O–H groups in total. The molecule has 2 unspecified atom stereocenters. The summed E-state index contributed by atoms with van der Waals surface area (Å²) in [5, 5.41) is 16.1. The van der Waals surface area contributed by atoms with Gasteiger partial charge in [-0.3, -0.25) is 9.59 Å². The topological polar surface area (TPSA) is 94.7 Å². The van der Waals surface area contributed by atoms with E-state index < -0.39 is 0 Å². The zero-order valence-electron chi connectivity index (χ0n) is 24.2. The van der Waals surface area contributed by atoms with E-state index in [4.69, 9.17) is 10.8 Å². The van der Waals surface area contributed by atoms with Gasteiger partial charge in [0.25, 0.3) is 0 Å². The molecule has 0 radical (unpaired) electrons. The van der Waals surface area contributed by atoms with Crippen molar-refractivity contribution in [1.29, 1.82) is 10.8 Å². The zero-order chi connectivity index (χ0) is 27.4. The van der Waals surface area contributed by atoms with Crippen LogP contribution in [0.1, 0.15) is 76.4 Å². The Bertz CT molecular complexity index is 978. The number of nitrogens with zero attached hydrogens (tertiary/aromatic N) is 1. The smallest absolute Gasteiger partial charge is 1.00 e. The summed E-state index contributed by atoms with van der Waals surface area (Å²) in [4.78, 5) is 23.9. The fourth-order valence-electron chi connectivity index (χ4n) is 4.03. The van der Waals surface area contributed by atoms with Gasteiger partial charge in [-0.2, -0.15) is 0 Å². The van der Waals surface area contributed by atoms with Crippen LogP contribution < -0.4 is 24.8 Å². The molecule has 0 aliphatic heterocycles. The first-order valence-corrected chi connectivity index (χ1v) is 12.8. The molecule has 0 saturated carbocycles. The molecular formula is C31H43Cl2FeN3O2. The summed E-state index contributed by atoms with van der Waals surface area (Å²) < 4.78 is 0. The largest absolute Gasteiger partial charge is 2.00 e. The maximum atomic E-state index is 10.1. The second-order valence-electron chi connectivity index (χ2n) is 10.4. The number of nitrogens with one attached hydrogen (secondary N) is 2. The third-order valence-electron chi connectivity index (χ3n) is 6.19. The molecule has 0 aromatic carbocycles. The van der Waals surface area contributed by atoms with E-state index in [-0.39, 0.29) is 53.3 Å². The Morgan fingerprint density at radius 3 is 1.28 bits per heavy atom. The first-order valence-electron chi connectivity index (χ1n) is 12.8. The van der Waals surface area contributed by atoms with Gasteiger partial charge in [0.2, 0.25) is 0 Å². The van der Waals surface area contributed by atoms with E-state index in [9.17, 15) is 9.59 Å². The monoisotopic (exact) mass is 615 g/mol. The van der Waals surface area contributed by atoms with Crippen molar-refractivity contribution in [3.63, 3.8) is 0 Å². The van der Waals surface area contributed by atoms with E-state index in [0.29, 0.717) is 48.1 Å². The van der Waals surface area contributed by atoms with E-state index in [2.05, 4.69) is 96.8 Å². The van der Waals surface area contributed by atoms with Crippen LogP contribution in [-0.2, 0) is 17.1 Å². The summed E-state index contributed by atoms with van der Waals surface area (Å²) in [5.74, 6) is 2.65. The number of hydrogen-bond acceptors (Lipinski definition) is 5. The molecule has 0 fully saturated rings. The van der Waals surface area contributed by atoms with Gasteiger partial charge < -0.3 is 35.6 Å². The molecule has 1 heterocycles. The number of hydrogen-bond donors (Lipinski definition) is 2. The summed E-state index contributed by atoms with van der Waals surface area (Å²) in [5.41, 5.74) is 4.58. The number of rotatable bonds is 6. The molecule has 2 aliphatic rings. The third-order valence-corrected chi connectivity index (χ3v) is 6.19. The van der Waals surface area contributed by atoms with Gasteiger partial charge in [-0.15, -0.1) is 0 Å². The molecule has 3 rings (SSSR count). The molecule has 8 heteroatoms. The molecule has 216 valence electrons. The molecule has 1 aromatic rings. The number of aldehydes is 2. The fraction of sp³-hybridized carbons (Fsp3) is 0.452. The minimum absolute atomic E-state index is 0. The molecular weight excluding hydrogens is 573 g/mol. The van der Waals surface area contributed by atoms with Gasteiger partial charge in [0.1, 0.15) is 11.4 Å². The summed E-state index contributed by atoms with van der Waals surface area (Å²) in [7, 11) is 0. The molecule has 0 saturated heterocycles. The Morgan fingerprint density at radius 1 is 0.692 bits per heavy atom. The van der Waals surface area contributed by atoms with Crippen LogP contribution in [0.25, 0.3) is 0 Å².